The second-order valence-electron chi connectivity index (χ2n) is 14.6. The quantitative estimate of drug-likeness (QED) is 0.120. The predicted octanol–water partition coefficient (Wildman–Crippen LogP) is 8.11. The smallest absolute Gasteiger partial charge is 0.294 e. The van der Waals surface area contributed by atoms with Crippen molar-refractivity contribution in [1.82, 2.24) is 4.90 Å². The Hall–Kier alpha value is -3.51. The lowest BCUT2D eigenvalue weighted by Gasteiger charge is -2.40. The fraction of sp³-hybridized carbons (Fsp3) is 0.462. The highest BCUT2D eigenvalue weighted by Crippen LogP contribution is 2.50. The third-order valence-electron chi connectivity index (χ3n) is 10.2. The van der Waals surface area contributed by atoms with Crippen molar-refractivity contribution < 1.29 is 30.7 Å². The molecule has 2 aliphatic rings. The van der Waals surface area contributed by atoms with E-state index in [1.165, 1.54) is 17.7 Å². The molecule has 2 aromatic carbocycles. The minimum absolute atomic E-state index is 0.0825. The van der Waals surface area contributed by atoms with E-state index in [-0.39, 0.29) is 21.6 Å². The maximum Gasteiger partial charge on any atom is 0.294 e. The Bertz CT molecular complexity index is 1970. The van der Waals surface area contributed by atoms with Gasteiger partial charge in [0.15, 0.2) is 0 Å². The molecule has 50 heavy (non-hydrogen) atoms. The van der Waals surface area contributed by atoms with E-state index in [0.29, 0.717) is 13.0 Å². The van der Waals surface area contributed by atoms with Gasteiger partial charge in [0.25, 0.3) is 20.2 Å². The molecule has 0 radical (unpaired) electrons. The maximum absolute atomic E-state index is 12.0. The number of hydrogen-bond acceptors (Lipinski definition) is 6. The van der Waals surface area contributed by atoms with Gasteiger partial charge in [-0.3, -0.25) is 13.9 Å². The summed E-state index contributed by atoms with van der Waals surface area (Å²) in [4.78, 5) is 15.6. The molecule has 9 nitrogen and oxygen atoms in total. The summed E-state index contributed by atoms with van der Waals surface area (Å²) in [6, 6.07) is 9.63. The van der Waals surface area contributed by atoms with E-state index < -0.39 is 31.1 Å². The Morgan fingerprint density at radius 3 is 2.08 bits per heavy atom. The lowest BCUT2D eigenvalue weighted by atomic mass is 9.64. The topological polar surface area (TPSA) is 132 Å². The molecule has 0 saturated carbocycles. The zero-order valence-electron chi connectivity index (χ0n) is 30.5. The van der Waals surface area contributed by atoms with Gasteiger partial charge in [0, 0.05) is 55.2 Å². The van der Waals surface area contributed by atoms with E-state index in [9.17, 15) is 30.7 Å². The van der Waals surface area contributed by atoms with Crippen molar-refractivity contribution in [2.24, 2.45) is 0 Å². The second-order valence-corrected chi connectivity index (χ2v) is 17.4. The van der Waals surface area contributed by atoms with E-state index in [0.717, 1.165) is 65.8 Å². The molecule has 0 fully saturated rings. The fourth-order valence-electron chi connectivity index (χ4n) is 7.38. The van der Waals surface area contributed by atoms with E-state index in [1.54, 1.807) is 37.2 Å². The number of benzene rings is 2. The largest absolute Gasteiger partial charge is 0.349 e. The Balaban J connectivity index is 1.66. The molecule has 2 aromatic rings. The van der Waals surface area contributed by atoms with Crippen molar-refractivity contribution in [2.75, 3.05) is 25.5 Å². The number of allylic oxidation sites excluding steroid dienone is 8. The standard InChI is InChI=1S/C39H52N2O7S2/c1-9-16-30-27(2)31-22-20-28(49(43,44)45)25-33(31)38(3,4)32(30)17-12-10-13-18-36-39(5,6)34-26-29(50(46,47)48)21-23-35(34)41(36)24-15-11-14-19-37(42)40(7)8/h10,12-13,17-18,20-23,25-27H,9,11,14-16,19,24H2,1-8H3,(H,43,44,45)(H,46,47,48). The Morgan fingerprint density at radius 1 is 0.860 bits per heavy atom. The van der Waals surface area contributed by atoms with Crippen LogP contribution in [0.1, 0.15) is 103 Å². The first kappa shape index (κ1) is 39.3. The van der Waals surface area contributed by atoms with Gasteiger partial charge in [-0.25, -0.2) is 0 Å². The summed E-state index contributed by atoms with van der Waals surface area (Å²) < 4.78 is 67.6. The van der Waals surface area contributed by atoms with Crippen LogP contribution in [-0.2, 0) is 35.9 Å². The first-order valence-electron chi connectivity index (χ1n) is 17.2. The van der Waals surface area contributed by atoms with E-state index in [2.05, 4.69) is 38.7 Å². The summed E-state index contributed by atoms with van der Waals surface area (Å²) in [5, 5.41) is 0. The summed E-state index contributed by atoms with van der Waals surface area (Å²) in [6.07, 6.45) is 14.9. The highest BCUT2D eigenvalue weighted by Gasteiger charge is 2.40. The number of anilines is 1. The maximum atomic E-state index is 12.0. The van der Waals surface area contributed by atoms with Crippen molar-refractivity contribution in [3.63, 3.8) is 0 Å². The molecule has 1 unspecified atom stereocenters. The van der Waals surface area contributed by atoms with Gasteiger partial charge in [0.05, 0.1) is 9.79 Å². The number of carbonyl (C=O) groups excluding carboxylic acids is 1. The first-order valence-corrected chi connectivity index (χ1v) is 20.1. The van der Waals surface area contributed by atoms with E-state index >= 15 is 0 Å². The molecule has 2 N–H and O–H groups in total. The highest BCUT2D eigenvalue weighted by molar-refractivity contribution is 7.86. The van der Waals surface area contributed by atoms with Gasteiger partial charge < -0.3 is 9.80 Å². The van der Waals surface area contributed by atoms with Gasteiger partial charge in [0.1, 0.15) is 0 Å². The van der Waals surface area contributed by atoms with Crippen LogP contribution in [0.2, 0.25) is 0 Å². The van der Waals surface area contributed by atoms with Gasteiger partial charge >= 0.3 is 0 Å². The van der Waals surface area contributed by atoms with Gasteiger partial charge in [0.2, 0.25) is 5.91 Å². The van der Waals surface area contributed by atoms with Crippen molar-refractivity contribution in [2.45, 2.75) is 107 Å². The normalized spacial score (nSPS) is 19.4. The molecule has 1 heterocycles. The number of carbonyl (C=O) groups is 1. The SMILES string of the molecule is CCCC1=C(C=CC=CC=C2N(CCCCCC(=O)N(C)C)c3ccc(S(=O)(=O)O)cc3C2(C)C)C(C)(C)c2cc(S(=O)(=O)O)ccc2C1C. The molecule has 0 bridgehead atoms. The third kappa shape index (κ3) is 8.17. The first-order chi connectivity index (χ1) is 23.2. The molecule has 0 saturated heterocycles. The van der Waals surface area contributed by atoms with Crippen LogP contribution >= 0.6 is 0 Å². The Morgan fingerprint density at radius 2 is 1.48 bits per heavy atom. The Labute approximate surface area is 299 Å². The molecule has 1 aliphatic heterocycles. The van der Waals surface area contributed by atoms with Crippen LogP contribution in [0.4, 0.5) is 5.69 Å². The average Bonchev–Trinajstić information content (AvgIpc) is 3.24. The molecule has 11 heteroatoms. The second kappa shape index (κ2) is 15.0. The van der Waals surface area contributed by atoms with Gasteiger partial charge in [-0.05, 0) is 77.9 Å². The van der Waals surface area contributed by atoms with Crippen molar-refractivity contribution >= 4 is 31.8 Å². The molecule has 0 spiro atoms. The van der Waals surface area contributed by atoms with Crippen LogP contribution in [-0.4, -0.2) is 57.4 Å². The zero-order valence-corrected chi connectivity index (χ0v) is 32.2. The van der Waals surface area contributed by atoms with Crippen molar-refractivity contribution in [1.29, 1.82) is 0 Å². The van der Waals surface area contributed by atoms with Gasteiger partial charge in [-0.15, -0.1) is 0 Å². The molecular formula is C39H52N2O7S2. The molecule has 1 atom stereocenters. The van der Waals surface area contributed by atoms with Crippen LogP contribution in [0.15, 0.2) is 93.4 Å². The van der Waals surface area contributed by atoms with Crippen molar-refractivity contribution in [3.8, 4) is 0 Å². The van der Waals surface area contributed by atoms with Crippen molar-refractivity contribution in [3.05, 3.63) is 100 Å². The molecule has 272 valence electrons. The summed E-state index contributed by atoms with van der Waals surface area (Å²) in [7, 11) is -5.22. The molecule has 0 aromatic heterocycles. The molecule has 4 rings (SSSR count). The van der Waals surface area contributed by atoms with E-state index in [1.807, 2.05) is 44.2 Å². The van der Waals surface area contributed by atoms with Gasteiger partial charge in [-0.1, -0.05) is 90.3 Å². The predicted molar refractivity (Wildman–Crippen MR) is 200 cm³/mol. The number of fused-ring (bicyclic) bond motifs is 2. The monoisotopic (exact) mass is 724 g/mol. The van der Waals surface area contributed by atoms with Gasteiger partial charge in [-0.2, -0.15) is 16.8 Å². The van der Waals surface area contributed by atoms with Crippen LogP contribution in [0.3, 0.4) is 0 Å². The summed E-state index contributed by atoms with van der Waals surface area (Å²) in [5.41, 5.74) is 5.96. The summed E-state index contributed by atoms with van der Waals surface area (Å²) in [5.74, 6) is 0.184. The fourth-order valence-corrected chi connectivity index (χ4v) is 8.40. The highest BCUT2D eigenvalue weighted by atomic mass is 32.2. The van der Waals surface area contributed by atoms with Crippen LogP contribution in [0.5, 0.6) is 0 Å². The van der Waals surface area contributed by atoms with Crippen LogP contribution < -0.4 is 4.90 Å². The Kier molecular flexibility index (Phi) is 11.8. The number of nitrogens with zero attached hydrogens (tertiary/aromatic N) is 2. The molecule has 1 aliphatic carbocycles. The average molecular weight is 725 g/mol. The van der Waals surface area contributed by atoms with Crippen LogP contribution in [0.25, 0.3) is 0 Å². The summed E-state index contributed by atoms with van der Waals surface area (Å²) in [6.45, 7) is 13.2. The number of unbranched alkanes of at least 4 members (excludes halogenated alkanes) is 2. The minimum atomic E-state index is -4.38. The molecular weight excluding hydrogens is 673 g/mol. The zero-order chi connectivity index (χ0) is 37.2. The summed E-state index contributed by atoms with van der Waals surface area (Å²) >= 11 is 0. The number of hydrogen-bond donors (Lipinski definition) is 2. The van der Waals surface area contributed by atoms with Crippen LogP contribution in [0, 0.1) is 0 Å². The number of rotatable bonds is 13. The lowest BCUT2D eigenvalue weighted by molar-refractivity contribution is -0.128. The lowest BCUT2D eigenvalue weighted by Crippen LogP contribution is -2.29. The minimum Gasteiger partial charge on any atom is -0.349 e. The van der Waals surface area contributed by atoms with E-state index in [4.69, 9.17) is 0 Å². The molecule has 1 amide bonds. The third-order valence-corrected chi connectivity index (χ3v) is 11.9. The number of amides is 1.